The highest BCUT2D eigenvalue weighted by Gasteiger charge is 2.31. The summed E-state index contributed by atoms with van der Waals surface area (Å²) >= 11 is 0. The Labute approximate surface area is 87.0 Å². The van der Waals surface area contributed by atoms with Crippen molar-refractivity contribution in [3.8, 4) is 11.8 Å². The topological polar surface area (TPSA) is 18.5 Å². The summed E-state index contributed by atoms with van der Waals surface area (Å²) in [6.45, 7) is 5.59. The van der Waals surface area contributed by atoms with Crippen molar-refractivity contribution in [2.45, 2.75) is 51.7 Å². The molecule has 1 aliphatic rings. The summed E-state index contributed by atoms with van der Waals surface area (Å²) in [4.78, 5) is 0. The van der Waals surface area contributed by atoms with E-state index in [1.54, 1.807) is 0 Å². The van der Waals surface area contributed by atoms with Gasteiger partial charge in [-0.2, -0.15) is 0 Å². The summed E-state index contributed by atoms with van der Waals surface area (Å²) in [6, 6.07) is 0. The molecule has 0 unspecified atom stereocenters. The van der Waals surface area contributed by atoms with Crippen LogP contribution in [0.2, 0.25) is 0 Å². The molecule has 0 aromatic rings. The van der Waals surface area contributed by atoms with Crippen molar-refractivity contribution in [2.75, 3.05) is 13.2 Å². The highest BCUT2D eigenvalue weighted by Crippen LogP contribution is 2.24. The molecule has 0 spiro atoms. The summed E-state index contributed by atoms with van der Waals surface area (Å²) < 4.78 is 11.3. The van der Waals surface area contributed by atoms with Crippen LogP contribution in [0.15, 0.2) is 0 Å². The molecule has 2 nitrogen and oxygen atoms in total. The van der Waals surface area contributed by atoms with E-state index < -0.39 is 5.79 Å². The molecule has 0 N–H and O–H groups in total. The third-order valence-electron chi connectivity index (χ3n) is 2.38. The lowest BCUT2D eigenvalue weighted by Crippen LogP contribution is -2.39. The van der Waals surface area contributed by atoms with E-state index in [0.29, 0.717) is 0 Å². The molecule has 0 saturated carbocycles. The standard InChI is InChI=1S/C12H20O2/c1-3-5-6-9-12(8-4-2)13-10-7-11-14-12/h3,5-7,9-11H2,1-2H3. The maximum Gasteiger partial charge on any atom is 0.233 e. The van der Waals surface area contributed by atoms with Crippen LogP contribution in [0.5, 0.6) is 0 Å². The lowest BCUT2D eigenvalue weighted by Gasteiger charge is -2.32. The molecule has 14 heavy (non-hydrogen) atoms. The Kier molecular flexibility index (Phi) is 5.00. The molecule has 0 aromatic carbocycles. The van der Waals surface area contributed by atoms with Gasteiger partial charge in [-0.05, 0) is 25.7 Å². The second-order valence-corrected chi connectivity index (χ2v) is 3.64. The zero-order valence-corrected chi connectivity index (χ0v) is 9.27. The Hall–Kier alpha value is -0.520. The molecule has 0 amide bonds. The van der Waals surface area contributed by atoms with Gasteiger partial charge in [-0.15, -0.1) is 5.92 Å². The van der Waals surface area contributed by atoms with E-state index in [9.17, 15) is 0 Å². The first-order valence-corrected chi connectivity index (χ1v) is 5.55. The van der Waals surface area contributed by atoms with Crippen molar-refractivity contribution in [2.24, 2.45) is 0 Å². The number of hydrogen-bond donors (Lipinski definition) is 0. The fourth-order valence-corrected chi connectivity index (χ4v) is 1.65. The normalized spacial score (nSPS) is 19.9. The summed E-state index contributed by atoms with van der Waals surface area (Å²) in [5, 5.41) is 0. The van der Waals surface area contributed by atoms with E-state index in [2.05, 4.69) is 18.8 Å². The molecule has 80 valence electrons. The van der Waals surface area contributed by atoms with Gasteiger partial charge in [0.2, 0.25) is 5.79 Å². The number of unbranched alkanes of at least 4 members (excludes halogenated alkanes) is 2. The van der Waals surface area contributed by atoms with Gasteiger partial charge in [0.15, 0.2) is 0 Å². The largest absolute Gasteiger partial charge is 0.340 e. The van der Waals surface area contributed by atoms with Gasteiger partial charge >= 0.3 is 0 Å². The van der Waals surface area contributed by atoms with Gasteiger partial charge < -0.3 is 9.47 Å². The van der Waals surface area contributed by atoms with Gasteiger partial charge in [-0.3, -0.25) is 0 Å². The Balaban J connectivity index is 2.46. The van der Waals surface area contributed by atoms with E-state index in [1.165, 1.54) is 12.8 Å². The van der Waals surface area contributed by atoms with Gasteiger partial charge in [-0.1, -0.05) is 19.8 Å². The first-order valence-electron chi connectivity index (χ1n) is 5.55. The average molecular weight is 196 g/mol. The van der Waals surface area contributed by atoms with Crippen LogP contribution in [0.25, 0.3) is 0 Å². The molecule has 0 aromatic heterocycles. The molecular weight excluding hydrogens is 176 g/mol. The first-order chi connectivity index (χ1) is 6.83. The highest BCUT2D eigenvalue weighted by atomic mass is 16.7. The molecule has 0 aliphatic carbocycles. The van der Waals surface area contributed by atoms with Gasteiger partial charge in [0, 0.05) is 6.42 Å². The van der Waals surface area contributed by atoms with E-state index >= 15 is 0 Å². The smallest absolute Gasteiger partial charge is 0.233 e. The molecule has 2 heteroatoms. The summed E-state index contributed by atoms with van der Waals surface area (Å²) in [5.41, 5.74) is 0. The lowest BCUT2D eigenvalue weighted by atomic mass is 10.1. The van der Waals surface area contributed by atoms with Gasteiger partial charge in [-0.25, -0.2) is 0 Å². The summed E-state index contributed by atoms with van der Waals surface area (Å²) in [5.74, 6) is 5.39. The van der Waals surface area contributed by atoms with E-state index in [1.807, 2.05) is 6.92 Å². The monoisotopic (exact) mass is 196 g/mol. The fourth-order valence-electron chi connectivity index (χ4n) is 1.65. The molecule has 1 aliphatic heterocycles. The molecule has 1 heterocycles. The maximum atomic E-state index is 5.66. The average Bonchev–Trinajstić information content (AvgIpc) is 2.20. The Morgan fingerprint density at radius 1 is 1.21 bits per heavy atom. The predicted molar refractivity (Wildman–Crippen MR) is 56.8 cm³/mol. The van der Waals surface area contributed by atoms with E-state index in [4.69, 9.17) is 9.47 Å². The third kappa shape index (κ3) is 3.32. The Bertz CT molecular complexity index is 206. The van der Waals surface area contributed by atoms with Crippen LogP contribution in [-0.2, 0) is 9.47 Å². The molecular formula is C12H20O2. The Morgan fingerprint density at radius 2 is 1.93 bits per heavy atom. The second-order valence-electron chi connectivity index (χ2n) is 3.64. The van der Waals surface area contributed by atoms with Crippen molar-refractivity contribution < 1.29 is 9.47 Å². The highest BCUT2D eigenvalue weighted by molar-refractivity contribution is 5.09. The van der Waals surface area contributed by atoms with Crippen molar-refractivity contribution in [1.82, 2.24) is 0 Å². The van der Waals surface area contributed by atoms with Gasteiger partial charge in [0.25, 0.3) is 0 Å². The maximum absolute atomic E-state index is 5.66. The summed E-state index contributed by atoms with van der Waals surface area (Å²) in [6.07, 6.45) is 5.46. The van der Waals surface area contributed by atoms with E-state index in [0.717, 1.165) is 32.5 Å². The van der Waals surface area contributed by atoms with Crippen molar-refractivity contribution in [3.05, 3.63) is 0 Å². The first kappa shape index (κ1) is 11.6. The predicted octanol–water partition coefficient (Wildman–Crippen LogP) is 2.72. The minimum atomic E-state index is -0.581. The van der Waals surface area contributed by atoms with Gasteiger partial charge in [0.05, 0.1) is 13.2 Å². The molecule has 1 rings (SSSR count). The molecule has 1 fully saturated rings. The van der Waals surface area contributed by atoms with Crippen LogP contribution < -0.4 is 0 Å². The van der Waals surface area contributed by atoms with E-state index in [-0.39, 0.29) is 0 Å². The van der Waals surface area contributed by atoms with Crippen molar-refractivity contribution >= 4 is 0 Å². The fraction of sp³-hybridized carbons (Fsp3) is 0.833. The van der Waals surface area contributed by atoms with Crippen molar-refractivity contribution in [3.63, 3.8) is 0 Å². The number of hydrogen-bond acceptors (Lipinski definition) is 2. The van der Waals surface area contributed by atoms with Crippen LogP contribution in [0.3, 0.4) is 0 Å². The number of rotatable bonds is 4. The minimum Gasteiger partial charge on any atom is -0.340 e. The number of ether oxygens (including phenoxy) is 2. The molecule has 0 radical (unpaired) electrons. The van der Waals surface area contributed by atoms with Crippen LogP contribution >= 0.6 is 0 Å². The second kappa shape index (κ2) is 6.06. The third-order valence-corrected chi connectivity index (χ3v) is 2.38. The minimum absolute atomic E-state index is 0.581. The SMILES string of the molecule is CC#CC1(CCCCC)OCCCO1. The summed E-state index contributed by atoms with van der Waals surface area (Å²) in [7, 11) is 0. The van der Waals surface area contributed by atoms with Crippen LogP contribution in [0.1, 0.15) is 46.0 Å². The van der Waals surface area contributed by atoms with Gasteiger partial charge in [0.1, 0.15) is 0 Å². The quantitative estimate of drug-likeness (QED) is 0.508. The van der Waals surface area contributed by atoms with Crippen LogP contribution in [-0.4, -0.2) is 19.0 Å². The lowest BCUT2D eigenvalue weighted by molar-refractivity contribution is -0.233. The van der Waals surface area contributed by atoms with Crippen LogP contribution in [0.4, 0.5) is 0 Å². The van der Waals surface area contributed by atoms with Crippen molar-refractivity contribution in [1.29, 1.82) is 0 Å². The zero-order chi connectivity index (χ0) is 10.3. The molecule has 0 bridgehead atoms. The zero-order valence-electron chi connectivity index (χ0n) is 9.27. The van der Waals surface area contributed by atoms with Crippen LogP contribution in [0, 0.1) is 11.8 Å². The molecule has 0 atom stereocenters. The molecule has 1 saturated heterocycles. The Morgan fingerprint density at radius 3 is 2.50 bits per heavy atom.